The summed E-state index contributed by atoms with van der Waals surface area (Å²) in [7, 11) is 3.34. The normalized spacial score (nSPS) is 10.1. The predicted molar refractivity (Wildman–Crippen MR) is 70.9 cm³/mol. The number of amides is 1. The average molecular weight is 242 g/mol. The third-order valence-corrected chi connectivity index (χ3v) is 2.78. The summed E-state index contributed by atoms with van der Waals surface area (Å²) in [5.41, 5.74) is 1.17. The van der Waals surface area contributed by atoms with Gasteiger partial charge in [0.1, 0.15) is 0 Å². The number of aromatic nitrogens is 1. The van der Waals surface area contributed by atoms with Crippen molar-refractivity contribution >= 4 is 11.6 Å². The van der Waals surface area contributed by atoms with Crippen molar-refractivity contribution in [2.45, 2.75) is 0 Å². The molecule has 4 heteroatoms. The lowest BCUT2D eigenvalue weighted by Crippen LogP contribution is -2.28. The van der Waals surface area contributed by atoms with E-state index in [9.17, 15) is 9.59 Å². The van der Waals surface area contributed by atoms with Gasteiger partial charge in [0.15, 0.2) is 0 Å². The standard InChI is InChI=1S/C14H14N2O2/c1-15-10-11(8-9-13(15)17)14(18)16(2)12-6-4-3-5-7-12/h3-10H,1-2H3. The Bertz CT molecular complexity index is 617. The molecule has 1 amide bonds. The van der Waals surface area contributed by atoms with E-state index in [4.69, 9.17) is 0 Å². The molecular weight excluding hydrogens is 228 g/mol. The van der Waals surface area contributed by atoms with E-state index >= 15 is 0 Å². The Morgan fingerprint density at radius 3 is 2.39 bits per heavy atom. The number of carbonyl (C=O) groups is 1. The molecule has 0 saturated carbocycles. The summed E-state index contributed by atoms with van der Waals surface area (Å²) in [6, 6.07) is 12.3. The predicted octanol–water partition coefficient (Wildman–Crippen LogP) is 1.66. The smallest absolute Gasteiger partial charge is 0.259 e. The Kier molecular flexibility index (Phi) is 3.28. The number of aryl methyl sites for hydroxylation is 1. The van der Waals surface area contributed by atoms with Crippen LogP contribution in [0.3, 0.4) is 0 Å². The maximum atomic E-state index is 12.2. The number of rotatable bonds is 2. The van der Waals surface area contributed by atoms with E-state index in [1.807, 2.05) is 30.3 Å². The van der Waals surface area contributed by atoms with Gasteiger partial charge in [-0.05, 0) is 18.2 Å². The molecule has 0 aliphatic heterocycles. The number of pyridine rings is 1. The molecule has 1 aromatic heterocycles. The fraction of sp³-hybridized carbons (Fsp3) is 0.143. The highest BCUT2D eigenvalue weighted by molar-refractivity contribution is 6.05. The van der Waals surface area contributed by atoms with Crippen molar-refractivity contribution in [3.63, 3.8) is 0 Å². The van der Waals surface area contributed by atoms with Crippen LogP contribution < -0.4 is 10.5 Å². The summed E-state index contributed by atoms with van der Waals surface area (Å²) in [4.78, 5) is 25.0. The van der Waals surface area contributed by atoms with Gasteiger partial charge in [0.05, 0.1) is 5.56 Å². The minimum atomic E-state index is -0.142. The van der Waals surface area contributed by atoms with E-state index in [1.54, 1.807) is 31.3 Å². The van der Waals surface area contributed by atoms with Crippen LogP contribution in [0.25, 0.3) is 0 Å². The summed E-state index contributed by atoms with van der Waals surface area (Å²) < 4.78 is 1.39. The molecule has 0 aliphatic carbocycles. The van der Waals surface area contributed by atoms with E-state index in [0.29, 0.717) is 5.56 Å². The first-order chi connectivity index (χ1) is 8.59. The second-order valence-corrected chi connectivity index (χ2v) is 4.07. The first-order valence-electron chi connectivity index (χ1n) is 5.59. The van der Waals surface area contributed by atoms with Crippen LogP contribution in [0.1, 0.15) is 10.4 Å². The summed E-state index contributed by atoms with van der Waals surface area (Å²) in [5, 5.41) is 0. The zero-order chi connectivity index (χ0) is 13.1. The van der Waals surface area contributed by atoms with Crippen LogP contribution in [0.15, 0.2) is 53.5 Å². The molecular formula is C14H14N2O2. The van der Waals surface area contributed by atoms with Gasteiger partial charge in [-0.15, -0.1) is 0 Å². The van der Waals surface area contributed by atoms with Crippen LogP contribution in [0.5, 0.6) is 0 Å². The van der Waals surface area contributed by atoms with Crippen LogP contribution in [-0.4, -0.2) is 17.5 Å². The van der Waals surface area contributed by atoms with Crippen LogP contribution >= 0.6 is 0 Å². The molecule has 2 aromatic rings. The quantitative estimate of drug-likeness (QED) is 0.803. The molecule has 92 valence electrons. The zero-order valence-corrected chi connectivity index (χ0v) is 10.3. The largest absolute Gasteiger partial charge is 0.318 e. The fourth-order valence-electron chi connectivity index (χ4n) is 1.68. The average Bonchev–Trinajstić information content (AvgIpc) is 2.41. The van der Waals surface area contributed by atoms with Gasteiger partial charge in [-0.3, -0.25) is 9.59 Å². The minimum Gasteiger partial charge on any atom is -0.318 e. The van der Waals surface area contributed by atoms with Gasteiger partial charge in [0.25, 0.3) is 5.91 Å². The molecule has 0 fully saturated rings. The lowest BCUT2D eigenvalue weighted by Gasteiger charge is -2.17. The van der Waals surface area contributed by atoms with Crippen molar-refractivity contribution in [2.75, 3.05) is 11.9 Å². The van der Waals surface area contributed by atoms with Gasteiger partial charge in [0, 0.05) is 32.0 Å². The Hall–Kier alpha value is -2.36. The van der Waals surface area contributed by atoms with Crippen molar-refractivity contribution in [3.05, 3.63) is 64.6 Å². The summed E-state index contributed by atoms with van der Waals surface area (Å²) in [6.45, 7) is 0. The summed E-state index contributed by atoms with van der Waals surface area (Å²) in [5.74, 6) is -0.142. The van der Waals surface area contributed by atoms with Crippen molar-refractivity contribution in [2.24, 2.45) is 7.05 Å². The molecule has 1 heterocycles. The molecule has 0 bridgehead atoms. The maximum absolute atomic E-state index is 12.2. The number of carbonyl (C=O) groups excluding carboxylic acids is 1. The van der Waals surface area contributed by atoms with Gasteiger partial charge < -0.3 is 9.47 Å². The molecule has 0 saturated heterocycles. The molecule has 0 spiro atoms. The first-order valence-corrected chi connectivity index (χ1v) is 5.59. The number of anilines is 1. The molecule has 0 atom stereocenters. The molecule has 1 aromatic carbocycles. The van der Waals surface area contributed by atoms with Gasteiger partial charge in [0.2, 0.25) is 5.56 Å². The molecule has 0 N–H and O–H groups in total. The highest BCUT2D eigenvalue weighted by Crippen LogP contribution is 2.13. The Morgan fingerprint density at radius 2 is 1.78 bits per heavy atom. The second-order valence-electron chi connectivity index (χ2n) is 4.07. The second kappa shape index (κ2) is 4.87. The highest BCUT2D eigenvalue weighted by atomic mass is 16.2. The SMILES string of the molecule is CN(C(=O)c1ccc(=O)n(C)c1)c1ccccc1. The van der Waals surface area contributed by atoms with E-state index in [0.717, 1.165) is 5.69 Å². The van der Waals surface area contributed by atoms with Gasteiger partial charge >= 0.3 is 0 Å². The summed E-state index contributed by atoms with van der Waals surface area (Å²) in [6.07, 6.45) is 1.55. The van der Waals surface area contributed by atoms with Crippen LogP contribution in [-0.2, 0) is 7.05 Å². The fourth-order valence-corrected chi connectivity index (χ4v) is 1.68. The third kappa shape index (κ3) is 2.32. The minimum absolute atomic E-state index is 0.131. The zero-order valence-electron chi connectivity index (χ0n) is 10.3. The Labute approximate surface area is 105 Å². The van der Waals surface area contributed by atoms with Crippen LogP contribution in [0, 0.1) is 0 Å². The lowest BCUT2D eigenvalue weighted by atomic mass is 10.2. The Balaban J connectivity index is 2.31. The molecule has 0 aliphatic rings. The molecule has 0 unspecified atom stereocenters. The topological polar surface area (TPSA) is 42.3 Å². The van der Waals surface area contributed by atoms with Crippen molar-refractivity contribution in [3.8, 4) is 0 Å². The van der Waals surface area contributed by atoms with E-state index < -0.39 is 0 Å². The molecule has 2 rings (SSSR count). The van der Waals surface area contributed by atoms with Crippen molar-refractivity contribution in [1.29, 1.82) is 0 Å². The number of para-hydroxylation sites is 1. The molecule has 18 heavy (non-hydrogen) atoms. The number of benzene rings is 1. The third-order valence-electron chi connectivity index (χ3n) is 2.78. The van der Waals surface area contributed by atoms with Gasteiger partial charge in [-0.25, -0.2) is 0 Å². The van der Waals surface area contributed by atoms with Crippen molar-refractivity contribution < 1.29 is 4.79 Å². The Morgan fingerprint density at radius 1 is 1.11 bits per heavy atom. The van der Waals surface area contributed by atoms with Crippen LogP contribution in [0.4, 0.5) is 5.69 Å². The molecule has 0 radical (unpaired) electrons. The van der Waals surface area contributed by atoms with E-state index in [1.165, 1.54) is 10.6 Å². The van der Waals surface area contributed by atoms with Crippen LogP contribution in [0.2, 0.25) is 0 Å². The highest BCUT2D eigenvalue weighted by Gasteiger charge is 2.13. The van der Waals surface area contributed by atoms with E-state index in [-0.39, 0.29) is 11.5 Å². The monoisotopic (exact) mass is 242 g/mol. The molecule has 4 nitrogen and oxygen atoms in total. The number of hydrogen-bond acceptors (Lipinski definition) is 2. The maximum Gasteiger partial charge on any atom is 0.259 e. The number of hydrogen-bond donors (Lipinski definition) is 0. The van der Waals surface area contributed by atoms with Gasteiger partial charge in [-0.2, -0.15) is 0 Å². The summed E-state index contributed by atoms with van der Waals surface area (Å²) >= 11 is 0. The van der Waals surface area contributed by atoms with Crippen molar-refractivity contribution in [1.82, 2.24) is 4.57 Å². The van der Waals surface area contributed by atoms with Gasteiger partial charge in [-0.1, -0.05) is 18.2 Å². The lowest BCUT2D eigenvalue weighted by molar-refractivity contribution is 0.0992. The first kappa shape index (κ1) is 12.1. The number of nitrogens with zero attached hydrogens (tertiary/aromatic N) is 2. The van der Waals surface area contributed by atoms with E-state index in [2.05, 4.69) is 0 Å².